The first-order valence-electron chi connectivity index (χ1n) is 11.1. The van der Waals surface area contributed by atoms with E-state index >= 15 is 0 Å². The molecule has 0 aromatic heterocycles. The number of carbonyl (C=O) groups excluding carboxylic acids is 1. The molecule has 1 amide bonds. The highest BCUT2D eigenvalue weighted by atomic mass is 35.5. The van der Waals surface area contributed by atoms with E-state index in [0.29, 0.717) is 27.6 Å². The fraction of sp³-hybridized carbons (Fsp3) is 0.0741. The van der Waals surface area contributed by atoms with Crippen LogP contribution in [0.15, 0.2) is 108 Å². The predicted molar refractivity (Wildman–Crippen MR) is 139 cm³/mol. The normalized spacial score (nSPS) is 11.6. The van der Waals surface area contributed by atoms with Crippen molar-refractivity contribution in [1.82, 2.24) is 0 Å². The summed E-state index contributed by atoms with van der Waals surface area (Å²) >= 11 is 5.72. The van der Waals surface area contributed by atoms with Gasteiger partial charge in [-0.05, 0) is 66.7 Å². The van der Waals surface area contributed by atoms with Gasteiger partial charge in [-0.1, -0.05) is 48.0 Å². The van der Waals surface area contributed by atoms with Crippen molar-refractivity contribution in [2.24, 2.45) is 0 Å². The van der Waals surface area contributed by atoms with E-state index in [2.05, 4.69) is 5.32 Å². The van der Waals surface area contributed by atoms with Gasteiger partial charge >= 0.3 is 6.18 Å². The molecular formula is C27H20ClF3N2O4S. The molecule has 0 heterocycles. The van der Waals surface area contributed by atoms with Gasteiger partial charge in [0.1, 0.15) is 18.0 Å². The van der Waals surface area contributed by atoms with Crippen LogP contribution in [-0.4, -0.2) is 20.9 Å². The number of carbonyl (C=O) groups is 1. The maximum Gasteiger partial charge on any atom is 0.417 e. The third-order valence-corrected chi connectivity index (χ3v) is 7.40. The first kappa shape index (κ1) is 27.0. The molecule has 0 spiro atoms. The fourth-order valence-electron chi connectivity index (χ4n) is 3.48. The van der Waals surface area contributed by atoms with Crippen molar-refractivity contribution in [2.75, 3.05) is 16.2 Å². The van der Waals surface area contributed by atoms with Crippen molar-refractivity contribution < 1.29 is 31.1 Å². The molecule has 4 rings (SSSR count). The Balaban J connectivity index is 1.59. The molecule has 6 nitrogen and oxygen atoms in total. The number of sulfonamides is 1. The number of amides is 1. The Morgan fingerprint density at radius 2 is 1.42 bits per heavy atom. The highest BCUT2D eigenvalue weighted by Crippen LogP contribution is 2.38. The molecule has 0 bridgehead atoms. The molecule has 4 aromatic carbocycles. The van der Waals surface area contributed by atoms with Gasteiger partial charge in [-0.15, -0.1) is 0 Å². The highest BCUT2D eigenvalue weighted by Gasteiger charge is 2.35. The van der Waals surface area contributed by atoms with E-state index in [0.717, 1.165) is 12.1 Å². The van der Waals surface area contributed by atoms with Crippen molar-refractivity contribution in [1.29, 1.82) is 0 Å². The second kappa shape index (κ2) is 11.2. The molecule has 196 valence electrons. The van der Waals surface area contributed by atoms with Gasteiger partial charge in [0.15, 0.2) is 0 Å². The molecule has 0 aliphatic heterocycles. The molecule has 0 radical (unpaired) electrons. The average Bonchev–Trinajstić information content (AvgIpc) is 2.89. The van der Waals surface area contributed by atoms with E-state index in [1.807, 2.05) is 18.2 Å². The monoisotopic (exact) mass is 560 g/mol. The Kier molecular flexibility index (Phi) is 7.94. The Morgan fingerprint density at radius 1 is 0.842 bits per heavy atom. The highest BCUT2D eigenvalue weighted by molar-refractivity contribution is 7.92. The van der Waals surface area contributed by atoms with Gasteiger partial charge in [0.2, 0.25) is 5.91 Å². The Morgan fingerprint density at radius 3 is 2.03 bits per heavy atom. The summed E-state index contributed by atoms with van der Waals surface area (Å²) in [5, 5.41) is 1.97. The van der Waals surface area contributed by atoms with Crippen LogP contribution in [0.3, 0.4) is 0 Å². The van der Waals surface area contributed by atoms with Gasteiger partial charge in [0, 0.05) is 5.69 Å². The van der Waals surface area contributed by atoms with Crippen molar-refractivity contribution in [3.05, 3.63) is 114 Å². The molecule has 0 atom stereocenters. The number of hydrogen-bond acceptors (Lipinski definition) is 4. The zero-order chi connectivity index (χ0) is 27.3. The van der Waals surface area contributed by atoms with Crippen LogP contribution in [0, 0.1) is 0 Å². The fourth-order valence-corrected chi connectivity index (χ4v) is 5.14. The number of anilines is 2. The maximum absolute atomic E-state index is 13.5. The molecular weight excluding hydrogens is 541 g/mol. The standard InChI is InChI=1S/C27H20ClF3N2O4S/c28-25-16-13-20(17-24(25)27(29,30)31)33(38(35,36)23-9-5-2-6-10-23)18-26(34)32-19-11-14-22(15-12-19)37-21-7-3-1-4-8-21/h1-17H,18H2,(H,32,34). The zero-order valence-corrected chi connectivity index (χ0v) is 21.1. The second-order valence-electron chi connectivity index (χ2n) is 7.97. The van der Waals surface area contributed by atoms with Crippen LogP contribution in [0.4, 0.5) is 24.5 Å². The number of ether oxygens (including phenoxy) is 1. The molecule has 0 fully saturated rings. The van der Waals surface area contributed by atoms with Gasteiger partial charge in [-0.2, -0.15) is 13.2 Å². The third kappa shape index (κ3) is 6.45. The summed E-state index contributed by atoms with van der Waals surface area (Å²) < 4.78 is 73.6. The van der Waals surface area contributed by atoms with E-state index in [1.165, 1.54) is 24.3 Å². The number of rotatable bonds is 8. The van der Waals surface area contributed by atoms with E-state index in [4.69, 9.17) is 16.3 Å². The Hall–Kier alpha value is -4.02. The summed E-state index contributed by atoms with van der Waals surface area (Å²) in [6.07, 6.45) is -4.83. The summed E-state index contributed by atoms with van der Waals surface area (Å²) in [5.74, 6) is 0.348. The summed E-state index contributed by atoms with van der Waals surface area (Å²) in [4.78, 5) is 12.7. The smallest absolute Gasteiger partial charge is 0.417 e. The maximum atomic E-state index is 13.5. The quantitative estimate of drug-likeness (QED) is 0.252. The van der Waals surface area contributed by atoms with Gasteiger partial charge in [0.05, 0.1) is 21.2 Å². The largest absolute Gasteiger partial charge is 0.457 e. The summed E-state index contributed by atoms with van der Waals surface area (Å²) in [6.45, 7) is -0.793. The summed E-state index contributed by atoms with van der Waals surface area (Å²) in [6, 6.07) is 25.1. The third-order valence-electron chi connectivity index (χ3n) is 5.28. The van der Waals surface area contributed by atoms with Crippen LogP contribution in [0.1, 0.15) is 5.56 Å². The second-order valence-corrected chi connectivity index (χ2v) is 10.2. The van der Waals surface area contributed by atoms with Crippen LogP contribution < -0.4 is 14.4 Å². The number of para-hydroxylation sites is 1. The van der Waals surface area contributed by atoms with Crippen LogP contribution in [-0.2, 0) is 21.0 Å². The lowest BCUT2D eigenvalue weighted by Gasteiger charge is -2.25. The zero-order valence-electron chi connectivity index (χ0n) is 19.5. The number of alkyl halides is 3. The lowest BCUT2D eigenvalue weighted by Crippen LogP contribution is -2.38. The van der Waals surface area contributed by atoms with Crippen LogP contribution in [0.25, 0.3) is 0 Å². The van der Waals surface area contributed by atoms with Gasteiger partial charge in [-0.25, -0.2) is 8.42 Å². The topological polar surface area (TPSA) is 75.7 Å². The van der Waals surface area contributed by atoms with E-state index in [1.54, 1.807) is 42.5 Å². The van der Waals surface area contributed by atoms with Crippen LogP contribution >= 0.6 is 11.6 Å². The SMILES string of the molecule is O=C(CN(c1ccc(Cl)c(C(F)(F)F)c1)S(=O)(=O)c1ccccc1)Nc1ccc(Oc2ccccc2)cc1. The number of halogens is 4. The lowest BCUT2D eigenvalue weighted by atomic mass is 10.2. The first-order chi connectivity index (χ1) is 18.0. The van der Waals surface area contributed by atoms with Crippen molar-refractivity contribution >= 4 is 38.9 Å². The molecule has 1 N–H and O–H groups in total. The van der Waals surface area contributed by atoms with E-state index in [-0.39, 0.29) is 10.6 Å². The molecule has 0 aliphatic rings. The van der Waals surface area contributed by atoms with E-state index < -0.39 is 39.2 Å². The van der Waals surface area contributed by atoms with Gasteiger partial charge in [-0.3, -0.25) is 9.10 Å². The minimum absolute atomic E-state index is 0.196. The number of hydrogen-bond donors (Lipinski definition) is 1. The first-order valence-corrected chi connectivity index (χ1v) is 12.9. The molecule has 38 heavy (non-hydrogen) atoms. The van der Waals surface area contributed by atoms with Crippen LogP contribution in [0.2, 0.25) is 5.02 Å². The van der Waals surface area contributed by atoms with Crippen molar-refractivity contribution in [3.63, 3.8) is 0 Å². The molecule has 0 unspecified atom stereocenters. The van der Waals surface area contributed by atoms with Gasteiger partial charge in [0.25, 0.3) is 10.0 Å². The Labute approximate surface area is 222 Å². The van der Waals surface area contributed by atoms with Crippen molar-refractivity contribution in [3.8, 4) is 11.5 Å². The molecule has 0 saturated carbocycles. The number of nitrogens with zero attached hydrogens (tertiary/aromatic N) is 1. The number of benzene rings is 4. The van der Waals surface area contributed by atoms with Gasteiger partial charge < -0.3 is 10.1 Å². The van der Waals surface area contributed by atoms with Crippen LogP contribution in [0.5, 0.6) is 11.5 Å². The predicted octanol–water partition coefficient (Wildman–Crippen LogP) is 6.99. The molecule has 0 aliphatic carbocycles. The average molecular weight is 561 g/mol. The molecule has 0 saturated heterocycles. The molecule has 11 heteroatoms. The number of nitrogens with one attached hydrogen (secondary N) is 1. The Bertz CT molecular complexity index is 1520. The van der Waals surface area contributed by atoms with E-state index in [9.17, 15) is 26.4 Å². The molecule has 4 aromatic rings. The minimum Gasteiger partial charge on any atom is -0.457 e. The van der Waals surface area contributed by atoms with Crippen molar-refractivity contribution in [2.45, 2.75) is 11.1 Å². The summed E-state index contributed by atoms with van der Waals surface area (Å²) in [7, 11) is -4.42. The minimum atomic E-state index is -4.83. The summed E-state index contributed by atoms with van der Waals surface area (Å²) in [5.41, 5.74) is -1.26. The lowest BCUT2D eigenvalue weighted by molar-refractivity contribution is -0.137.